The molecule has 0 saturated carbocycles. The molecule has 138 valence electrons. The number of hydrogen-bond donors (Lipinski definition) is 0. The van der Waals surface area contributed by atoms with Crippen molar-refractivity contribution in [2.45, 2.75) is 0 Å². The first-order valence-corrected chi connectivity index (χ1v) is 9.51. The number of carbonyl (C=O) groups is 2. The molecule has 0 spiro atoms. The fraction of sp³-hybridized carbons (Fsp3) is 0. The second kappa shape index (κ2) is 7.44. The smallest absolute Gasteiger partial charge is 0.266 e. The number of amides is 2. The molecule has 1 aliphatic rings. The number of carbonyl (C=O) groups excluding carboxylic acids is 2. The van der Waals surface area contributed by atoms with Crippen LogP contribution in [0.2, 0.25) is 15.1 Å². The lowest BCUT2D eigenvalue weighted by Gasteiger charge is -2.15. The molecule has 3 aromatic rings. The summed E-state index contributed by atoms with van der Waals surface area (Å²) in [7, 11) is 0. The maximum atomic E-state index is 13.4. The Bertz CT molecular complexity index is 1100. The SMILES string of the molecule is O=C1C(c2ccccc2)=C(c2c(Cl)cccc2Cl)C(=O)N1c1ccc(Cl)cc1. The monoisotopic (exact) mass is 427 g/mol. The van der Waals surface area contributed by atoms with E-state index in [2.05, 4.69) is 0 Å². The summed E-state index contributed by atoms with van der Waals surface area (Å²) in [4.78, 5) is 27.8. The summed E-state index contributed by atoms with van der Waals surface area (Å²) in [6.45, 7) is 0. The van der Waals surface area contributed by atoms with Gasteiger partial charge in [-0.15, -0.1) is 0 Å². The van der Waals surface area contributed by atoms with E-state index in [0.29, 0.717) is 31.9 Å². The largest absolute Gasteiger partial charge is 0.268 e. The summed E-state index contributed by atoms with van der Waals surface area (Å²) < 4.78 is 0. The molecule has 6 heteroatoms. The first-order valence-electron chi connectivity index (χ1n) is 8.37. The van der Waals surface area contributed by atoms with Crippen molar-refractivity contribution in [3.8, 4) is 0 Å². The molecule has 28 heavy (non-hydrogen) atoms. The molecule has 1 heterocycles. The molecule has 0 radical (unpaired) electrons. The molecular weight excluding hydrogens is 417 g/mol. The number of rotatable bonds is 3. The Morgan fingerprint density at radius 1 is 0.607 bits per heavy atom. The Kier molecular flexibility index (Phi) is 4.98. The minimum absolute atomic E-state index is 0.182. The van der Waals surface area contributed by atoms with Crippen molar-refractivity contribution in [3.05, 3.63) is 99.0 Å². The molecule has 0 aliphatic carbocycles. The molecule has 3 aromatic carbocycles. The summed E-state index contributed by atoms with van der Waals surface area (Å²) in [6.07, 6.45) is 0. The highest BCUT2D eigenvalue weighted by molar-refractivity contribution is 6.58. The summed E-state index contributed by atoms with van der Waals surface area (Å²) in [5.41, 5.74) is 1.83. The average molecular weight is 429 g/mol. The molecule has 2 amide bonds. The number of anilines is 1. The van der Waals surface area contributed by atoms with Gasteiger partial charge in [-0.2, -0.15) is 0 Å². The Morgan fingerprint density at radius 3 is 1.79 bits per heavy atom. The number of halogens is 3. The molecule has 0 fully saturated rings. The van der Waals surface area contributed by atoms with Crippen LogP contribution in [0.5, 0.6) is 0 Å². The summed E-state index contributed by atoms with van der Waals surface area (Å²) in [5.74, 6) is -0.925. The van der Waals surface area contributed by atoms with E-state index in [-0.39, 0.29) is 11.1 Å². The van der Waals surface area contributed by atoms with E-state index in [1.165, 1.54) is 0 Å². The highest BCUT2D eigenvalue weighted by Crippen LogP contribution is 2.42. The van der Waals surface area contributed by atoms with Gasteiger partial charge in [-0.3, -0.25) is 9.59 Å². The predicted octanol–water partition coefficient (Wildman–Crippen LogP) is 6.13. The van der Waals surface area contributed by atoms with Gasteiger partial charge in [0, 0.05) is 10.6 Å². The molecular formula is C22H12Cl3NO2. The van der Waals surface area contributed by atoms with Gasteiger partial charge in [-0.1, -0.05) is 71.2 Å². The lowest BCUT2D eigenvalue weighted by atomic mass is 9.96. The third-order valence-electron chi connectivity index (χ3n) is 4.44. The Hall–Kier alpha value is -2.59. The van der Waals surface area contributed by atoms with Gasteiger partial charge in [0.2, 0.25) is 0 Å². The number of nitrogens with zero attached hydrogens (tertiary/aromatic N) is 1. The molecule has 0 bridgehead atoms. The van der Waals surface area contributed by atoms with E-state index in [9.17, 15) is 9.59 Å². The van der Waals surface area contributed by atoms with Gasteiger partial charge in [0.25, 0.3) is 11.8 Å². The van der Waals surface area contributed by atoms with Crippen molar-refractivity contribution >= 4 is 63.5 Å². The normalized spacial score (nSPS) is 14.2. The second-order valence-electron chi connectivity index (χ2n) is 6.13. The highest BCUT2D eigenvalue weighted by Gasteiger charge is 2.41. The van der Waals surface area contributed by atoms with Crippen LogP contribution in [0.15, 0.2) is 72.8 Å². The summed E-state index contributed by atoms with van der Waals surface area (Å²) >= 11 is 18.7. The van der Waals surface area contributed by atoms with Crippen molar-refractivity contribution in [2.75, 3.05) is 4.90 Å². The molecule has 4 rings (SSSR count). The number of benzene rings is 3. The summed E-state index contributed by atoms with van der Waals surface area (Å²) in [5, 5.41) is 1.11. The zero-order valence-electron chi connectivity index (χ0n) is 14.3. The van der Waals surface area contributed by atoms with Crippen LogP contribution >= 0.6 is 34.8 Å². The van der Waals surface area contributed by atoms with Crippen LogP contribution in [0.4, 0.5) is 5.69 Å². The standard InChI is InChI=1S/C22H12Cl3NO2/c23-14-9-11-15(12-10-14)26-21(27)18(13-5-2-1-3-6-13)20(22(26)28)19-16(24)7-4-8-17(19)25/h1-12H. The molecule has 0 saturated heterocycles. The Morgan fingerprint density at radius 2 is 1.18 bits per heavy atom. The van der Waals surface area contributed by atoms with Gasteiger partial charge in [0.15, 0.2) is 0 Å². The predicted molar refractivity (Wildman–Crippen MR) is 114 cm³/mol. The highest BCUT2D eigenvalue weighted by atomic mass is 35.5. The van der Waals surface area contributed by atoms with Crippen LogP contribution in [-0.4, -0.2) is 11.8 Å². The molecule has 0 N–H and O–H groups in total. The number of imide groups is 1. The average Bonchev–Trinajstić information content (AvgIpc) is 2.94. The van der Waals surface area contributed by atoms with Crippen molar-refractivity contribution < 1.29 is 9.59 Å². The Labute approximate surface area is 176 Å². The third kappa shape index (κ3) is 3.12. The van der Waals surface area contributed by atoms with E-state index in [1.807, 2.05) is 6.07 Å². The maximum absolute atomic E-state index is 13.4. The molecule has 0 aromatic heterocycles. The van der Waals surface area contributed by atoms with Gasteiger partial charge in [0.1, 0.15) is 0 Å². The quantitative estimate of drug-likeness (QED) is 0.470. The van der Waals surface area contributed by atoms with Gasteiger partial charge in [-0.05, 0) is 42.0 Å². The topological polar surface area (TPSA) is 37.4 Å². The Balaban J connectivity index is 1.97. The van der Waals surface area contributed by atoms with Gasteiger partial charge in [0.05, 0.1) is 26.9 Å². The van der Waals surface area contributed by atoms with Crippen LogP contribution in [0.1, 0.15) is 11.1 Å². The first kappa shape index (κ1) is 18.8. The first-order chi connectivity index (χ1) is 13.5. The van der Waals surface area contributed by atoms with Crippen molar-refractivity contribution in [1.82, 2.24) is 0 Å². The fourth-order valence-electron chi connectivity index (χ4n) is 3.20. The minimum Gasteiger partial charge on any atom is -0.268 e. The lowest BCUT2D eigenvalue weighted by molar-refractivity contribution is -0.119. The van der Waals surface area contributed by atoms with Crippen LogP contribution in [-0.2, 0) is 9.59 Å². The van der Waals surface area contributed by atoms with E-state index in [4.69, 9.17) is 34.8 Å². The molecule has 0 atom stereocenters. The van der Waals surface area contributed by atoms with Crippen molar-refractivity contribution in [3.63, 3.8) is 0 Å². The van der Waals surface area contributed by atoms with Crippen LogP contribution < -0.4 is 4.90 Å². The third-order valence-corrected chi connectivity index (χ3v) is 5.33. The van der Waals surface area contributed by atoms with E-state index >= 15 is 0 Å². The van der Waals surface area contributed by atoms with E-state index in [1.54, 1.807) is 66.7 Å². The molecule has 3 nitrogen and oxygen atoms in total. The van der Waals surface area contributed by atoms with Gasteiger partial charge in [-0.25, -0.2) is 4.90 Å². The number of hydrogen-bond acceptors (Lipinski definition) is 2. The maximum Gasteiger partial charge on any atom is 0.266 e. The van der Waals surface area contributed by atoms with Crippen molar-refractivity contribution in [2.24, 2.45) is 0 Å². The van der Waals surface area contributed by atoms with E-state index in [0.717, 1.165) is 4.90 Å². The minimum atomic E-state index is -0.485. The summed E-state index contributed by atoms with van der Waals surface area (Å²) in [6, 6.07) is 20.5. The van der Waals surface area contributed by atoms with Crippen LogP contribution in [0.3, 0.4) is 0 Å². The van der Waals surface area contributed by atoms with E-state index < -0.39 is 11.8 Å². The molecule has 0 unspecified atom stereocenters. The lowest BCUT2D eigenvalue weighted by Crippen LogP contribution is -2.31. The second-order valence-corrected chi connectivity index (χ2v) is 7.39. The zero-order chi connectivity index (χ0) is 19.8. The molecule has 1 aliphatic heterocycles. The van der Waals surface area contributed by atoms with Crippen LogP contribution in [0, 0.1) is 0 Å². The zero-order valence-corrected chi connectivity index (χ0v) is 16.6. The van der Waals surface area contributed by atoms with Crippen LogP contribution in [0.25, 0.3) is 11.1 Å². The van der Waals surface area contributed by atoms with Crippen molar-refractivity contribution in [1.29, 1.82) is 0 Å². The van der Waals surface area contributed by atoms with Gasteiger partial charge < -0.3 is 0 Å². The van der Waals surface area contributed by atoms with Gasteiger partial charge >= 0.3 is 0 Å². The fourth-order valence-corrected chi connectivity index (χ4v) is 3.91.